The Morgan fingerprint density at radius 1 is 1.39 bits per heavy atom. The summed E-state index contributed by atoms with van der Waals surface area (Å²) in [5.74, 6) is 0.583. The summed E-state index contributed by atoms with van der Waals surface area (Å²) in [6.07, 6.45) is 0.727. The quantitative estimate of drug-likeness (QED) is 0.855. The highest BCUT2D eigenvalue weighted by atomic mass is 35.5. The maximum atomic E-state index is 11.6. The molecule has 1 unspecified atom stereocenters. The van der Waals surface area contributed by atoms with Crippen molar-refractivity contribution in [3.05, 3.63) is 23.2 Å². The first kappa shape index (κ1) is 12.1. The molecule has 6 heteroatoms. The van der Waals surface area contributed by atoms with Crippen LogP contribution in [0.4, 0.5) is 11.4 Å². The molecule has 0 amide bonds. The fourth-order valence-corrected chi connectivity index (χ4v) is 4.64. The lowest BCUT2D eigenvalue weighted by atomic mass is 10.1. The Morgan fingerprint density at radius 3 is 2.94 bits per heavy atom. The Morgan fingerprint density at radius 2 is 2.22 bits per heavy atom. The normalized spacial score (nSPS) is 25.6. The zero-order chi connectivity index (χ0) is 12.8. The molecule has 0 saturated carbocycles. The monoisotopic (exact) mass is 286 g/mol. The van der Waals surface area contributed by atoms with Crippen molar-refractivity contribution in [3.8, 4) is 0 Å². The topological polar surface area (TPSA) is 49.4 Å². The molecule has 0 radical (unpaired) electrons. The van der Waals surface area contributed by atoms with Crippen LogP contribution in [0.3, 0.4) is 0 Å². The number of nitrogens with zero attached hydrogens (tertiary/aromatic N) is 1. The molecule has 0 aliphatic carbocycles. The molecule has 2 heterocycles. The van der Waals surface area contributed by atoms with Gasteiger partial charge in [0.05, 0.1) is 22.9 Å². The molecule has 4 nitrogen and oxygen atoms in total. The first-order valence-electron chi connectivity index (χ1n) is 6.06. The van der Waals surface area contributed by atoms with E-state index in [4.69, 9.17) is 11.6 Å². The van der Waals surface area contributed by atoms with Crippen molar-refractivity contribution in [2.45, 2.75) is 12.5 Å². The van der Waals surface area contributed by atoms with Crippen molar-refractivity contribution in [1.82, 2.24) is 0 Å². The van der Waals surface area contributed by atoms with Crippen molar-refractivity contribution >= 4 is 32.8 Å². The molecule has 2 aliphatic heterocycles. The standard InChI is InChI=1S/C12H15ClN2O2S/c13-9-1-2-12-11(7-9)14-4-5-15(12)10-3-6-18(16,17)8-10/h1-2,7,10,14H,3-6,8H2. The second-order valence-corrected chi connectivity index (χ2v) is 7.50. The average Bonchev–Trinajstić information content (AvgIpc) is 2.68. The van der Waals surface area contributed by atoms with Crippen LogP contribution in [-0.2, 0) is 9.84 Å². The Kier molecular flexibility index (Phi) is 2.90. The number of rotatable bonds is 1. The molecule has 1 aromatic rings. The lowest BCUT2D eigenvalue weighted by molar-refractivity contribution is 0.599. The van der Waals surface area contributed by atoms with E-state index in [-0.39, 0.29) is 11.8 Å². The number of fused-ring (bicyclic) bond motifs is 1. The summed E-state index contributed by atoms with van der Waals surface area (Å²) < 4.78 is 23.2. The molecule has 3 rings (SSSR count). The molecule has 98 valence electrons. The molecule has 0 aromatic heterocycles. The molecule has 1 fully saturated rings. The second-order valence-electron chi connectivity index (χ2n) is 4.84. The molecule has 2 aliphatic rings. The van der Waals surface area contributed by atoms with E-state index in [0.29, 0.717) is 10.8 Å². The van der Waals surface area contributed by atoms with Gasteiger partial charge in [-0.15, -0.1) is 0 Å². The molecule has 0 bridgehead atoms. The number of hydrogen-bond acceptors (Lipinski definition) is 4. The molecule has 1 aromatic carbocycles. The molecule has 1 saturated heterocycles. The van der Waals surface area contributed by atoms with E-state index in [0.717, 1.165) is 30.9 Å². The summed E-state index contributed by atoms with van der Waals surface area (Å²) in [6.45, 7) is 1.67. The second kappa shape index (κ2) is 4.31. The maximum Gasteiger partial charge on any atom is 0.152 e. The van der Waals surface area contributed by atoms with Crippen LogP contribution in [0.25, 0.3) is 0 Å². The Labute approximate surface area is 112 Å². The van der Waals surface area contributed by atoms with Crippen LogP contribution in [-0.4, -0.2) is 39.1 Å². The van der Waals surface area contributed by atoms with Gasteiger partial charge < -0.3 is 10.2 Å². The fraction of sp³-hybridized carbons (Fsp3) is 0.500. The predicted octanol–water partition coefficient (Wildman–Crippen LogP) is 1.76. The molecule has 1 atom stereocenters. The highest BCUT2D eigenvalue weighted by molar-refractivity contribution is 7.91. The van der Waals surface area contributed by atoms with Gasteiger partial charge in [0.15, 0.2) is 9.84 Å². The minimum atomic E-state index is -2.84. The summed E-state index contributed by atoms with van der Waals surface area (Å²) in [6, 6.07) is 5.82. The fourth-order valence-electron chi connectivity index (χ4n) is 2.73. The average molecular weight is 287 g/mol. The van der Waals surface area contributed by atoms with Gasteiger partial charge in [-0.25, -0.2) is 8.42 Å². The molecule has 0 spiro atoms. The lowest BCUT2D eigenvalue weighted by Gasteiger charge is -2.36. The maximum absolute atomic E-state index is 11.6. The third kappa shape index (κ3) is 2.17. The van der Waals surface area contributed by atoms with Crippen LogP contribution in [0.2, 0.25) is 5.02 Å². The van der Waals surface area contributed by atoms with Gasteiger partial charge in [-0.2, -0.15) is 0 Å². The molecule has 18 heavy (non-hydrogen) atoms. The van der Waals surface area contributed by atoms with E-state index in [1.807, 2.05) is 18.2 Å². The van der Waals surface area contributed by atoms with Gasteiger partial charge in [0, 0.05) is 24.2 Å². The molecular weight excluding hydrogens is 272 g/mol. The van der Waals surface area contributed by atoms with Crippen LogP contribution >= 0.6 is 11.6 Å². The van der Waals surface area contributed by atoms with Crippen molar-refractivity contribution < 1.29 is 8.42 Å². The van der Waals surface area contributed by atoms with Gasteiger partial charge in [0.1, 0.15) is 0 Å². The number of nitrogens with one attached hydrogen (secondary N) is 1. The van der Waals surface area contributed by atoms with Gasteiger partial charge in [-0.05, 0) is 24.6 Å². The third-order valence-corrected chi connectivity index (χ3v) is 5.57. The van der Waals surface area contributed by atoms with Crippen molar-refractivity contribution in [3.63, 3.8) is 0 Å². The largest absolute Gasteiger partial charge is 0.382 e. The van der Waals surface area contributed by atoms with Gasteiger partial charge in [0.25, 0.3) is 0 Å². The predicted molar refractivity (Wildman–Crippen MR) is 74.3 cm³/mol. The van der Waals surface area contributed by atoms with E-state index in [1.165, 1.54) is 0 Å². The van der Waals surface area contributed by atoms with Crippen LogP contribution < -0.4 is 10.2 Å². The highest BCUT2D eigenvalue weighted by Gasteiger charge is 2.34. The van der Waals surface area contributed by atoms with E-state index < -0.39 is 9.84 Å². The minimum Gasteiger partial charge on any atom is -0.382 e. The number of benzene rings is 1. The summed E-state index contributed by atoms with van der Waals surface area (Å²) in [4.78, 5) is 2.20. The van der Waals surface area contributed by atoms with Crippen LogP contribution in [0, 0.1) is 0 Å². The number of halogens is 1. The SMILES string of the molecule is O=S1(=O)CCC(N2CCNc3cc(Cl)ccc32)C1. The van der Waals surface area contributed by atoms with E-state index >= 15 is 0 Å². The smallest absolute Gasteiger partial charge is 0.152 e. The zero-order valence-electron chi connectivity index (χ0n) is 9.89. The Hall–Kier alpha value is -0.940. The highest BCUT2D eigenvalue weighted by Crippen LogP contribution is 2.34. The van der Waals surface area contributed by atoms with Crippen molar-refractivity contribution in [1.29, 1.82) is 0 Å². The van der Waals surface area contributed by atoms with Crippen molar-refractivity contribution in [2.24, 2.45) is 0 Å². The van der Waals surface area contributed by atoms with Crippen LogP contribution in [0.5, 0.6) is 0 Å². The summed E-state index contributed by atoms with van der Waals surface area (Å²) >= 11 is 5.97. The Bertz CT molecular complexity index is 573. The lowest BCUT2D eigenvalue weighted by Crippen LogP contribution is -2.42. The number of sulfone groups is 1. The van der Waals surface area contributed by atoms with Crippen molar-refractivity contribution in [2.75, 3.05) is 34.8 Å². The van der Waals surface area contributed by atoms with Crippen LogP contribution in [0.15, 0.2) is 18.2 Å². The van der Waals surface area contributed by atoms with E-state index in [2.05, 4.69) is 10.2 Å². The van der Waals surface area contributed by atoms with E-state index in [9.17, 15) is 8.42 Å². The molecule has 1 N–H and O–H groups in total. The van der Waals surface area contributed by atoms with Gasteiger partial charge in [-0.3, -0.25) is 0 Å². The third-order valence-electron chi connectivity index (χ3n) is 3.59. The number of anilines is 2. The summed E-state index contributed by atoms with van der Waals surface area (Å²) in [5.41, 5.74) is 2.06. The molecular formula is C12H15ClN2O2S. The van der Waals surface area contributed by atoms with Gasteiger partial charge >= 0.3 is 0 Å². The number of hydrogen-bond donors (Lipinski definition) is 1. The van der Waals surface area contributed by atoms with Crippen LogP contribution in [0.1, 0.15) is 6.42 Å². The van der Waals surface area contributed by atoms with Gasteiger partial charge in [-0.1, -0.05) is 11.6 Å². The minimum absolute atomic E-state index is 0.108. The zero-order valence-corrected chi connectivity index (χ0v) is 11.5. The first-order valence-corrected chi connectivity index (χ1v) is 8.26. The Balaban J connectivity index is 1.92. The van der Waals surface area contributed by atoms with Gasteiger partial charge in [0.2, 0.25) is 0 Å². The first-order chi connectivity index (χ1) is 8.55. The summed E-state index contributed by atoms with van der Waals surface area (Å²) in [7, 11) is -2.84. The van der Waals surface area contributed by atoms with E-state index in [1.54, 1.807) is 0 Å². The summed E-state index contributed by atoms with van der Waals surface area (Å²) in [5, 5.41) is 4.00.